The molecule has 0 bridgehead atoms. The van der Waals surface area contributed by atoms with E-state index in [-0.39, 0.29) is 14.7 Å². The van der Waals surface area contributed by atoms with Crippen LogP contribution in [0.15, 0.2) is 59.1 Å². The van der Waals surface area contributed by atoms with Crippen LogP contribution in [-0.2, 0) is 0 Å². The van der Waals surface area contributed by atoms with Gasteiger partial charge in [-0.05, 0) is 31.2 Å². The summed E-state index contributed by atoms with van der Waals surface area (Å²) < 4.78 is 5.83. The van der Waals surface area contributed by atoms with Crippen molar-refractivity contribution < 1.29 is 12.1 Å². The first-order valence-corrected chi connectivity index (χ1v) is 9.28. The van der Waals surface area contributed by atoms with E-state index in [4.69, 9.17) is 10.2 Å². The molecule has 2 heterocycles. The number of benzene rings is 2. The smallest absolute Gasteiger partial charge is 0.268 e. The second-order valence-electron chi connectivity index (χ2n) is 6.97. The van der Waals surface area contributed by atoms with Gasteiger partial charge in [-0.2, -0.15) is 0 Å². The van der Waals surface area contributed by atoms with E-state index in [2.05, 4.69) is 20.2 Å². The molecule has 0 spiro atoms. The van der Waals surface area contributed by atoms with E-state index >= 15 is 0 Å². The molecule has 0 aliphatic carbocycles. The lowest BCUT2D eigenvalue weighted by Gasteiger charge is -2.10. The number of nitrogens with zero attached hydrogens (tertiary/aromatic N) is 5. The van der Waals surface area contributed by atoms with Crippen molar-refractivity contribution in [2.45, 2.75) is 6.92 Å². The van der Waals surface area contributed by atoms with Crippen LogP contribution in [0, 0.1) is 6.92 Å². The third kappa shape index (κ3) is 3.62. The monoisotopic (exact) mass is 404 g/mol. The van der Waals surface area contributed by atoms with Crippen LogP contribution in [0.4, 0.5) is 5.69 Å². The molecular formula is C22H24N6O2. The summed E-state index contributed by atoms with van der Waals surface area (Å²) in [4.78, 5) is 22.7. The van der Waals surface area contributed by atoms with Crippen molar-refractivity contribution in [3.8, 4) is 34.3 Å². The van der Waals surface area contributed by atoms with Gasteiger partial charge < -0.3 is 15.1 Å². The zero-order valence-electron chi connectivity index (χ0n) is 16.8. The molecule has 2 aromatic heterocycles. The molecule has 30 heavy (non-hydrogen) atoms. The summed E-state index contributed by atoms with van der Waals surface area (Å²) in [5.41, 5.74) is 10.4. The average Bonchev–Trinajstić information content (AvgIpc) is 3.23. The highest BCUT2D eigenvalue weighted by Crippen LogP contribution is 2.29. The van der Waals surface area contributed by atoms with Gasteiger partial charge in [0.1, 0.15) is 5.69 Å². The number of nitrogens with two attached hydrogens (primary N) is 1. The van der Waals surface area contributed by atoms with Crippen molar-refractivity contribution in [1.29, 1.82) is 0 Å². The number of carbonyl (C=O) groups excluding carboxylic acids is 1. The van der Waals surface area contributed by atoms with Crippen molar-refractivity contribution in [2.75, 3.05) is 19.8 Å². The highest BCUT2D eigenvalue weighted by molar-refractivity contribution is 5.94. The first kappa shape index (κ1) is 19.3. The van der Waals surface area contributed by atoms with E-state index in [1.807, 2.05) is 37.3 Å². The summed E-state index contributed by atoms with van der Waals surface area (Å²) >= 11 is 0. The molecule has 1 amide bonds. The van der Waals surface area contributed by atoms with Crippen LogP contribution >= 0.6 is 0 Å². The van der Waals surface area contributed by atoms with Crippen LogP contribution in [-0.4, -0.2) is 45.1 Å². The lowest BCUT2D eigenvalue weighted by molar-refractivity contribution is 0.0827. The molecule has 4 aromatic rings. The number of amides is 1. The van der Waals surface area contributed by atoms with Gasteiger partial charge in [0.15, 0.2) is 0 Å². The van der Waals surface area contributed by atoms with Crippen molar-refractivity contribution in [3.05, 3.63) is 66.0 Å². The Balaban J connectivity index is 0.00000181. The van der Waals surface area contributed by atoms with Gasteiger partial charge in [0.2, 0.25) is 5.89 Å². The maximum absolute atomic E-state index is 12.1. The molecule has 0 aliphatic rings. The standard InChI is InChI=1S/C22H20N6O2.2H2/c1-13-19(21-27-26-20(30-21)16-6-4-5-7-17(16)23)25-18(12-24-13)14-8-10-15(11-9-14)22(29)28(2)3;;/h4-12H,23H2,1-3H3;2*1H. The van der Waals surface area contributed by atoms with Crippen molar-refractivity contribution >= 4 is 11.6 Å². The van der Waals surface area contributed by atoms with Crippen LogP contribution in [0.5, 0.6) is 0 Å². The normalized spacial score (nSPS) is 10.8. The number of hydrogen-bond donors (Lipinski definition) is 1. The van der Waals surface area contributed by atoms with E-state index in [0.29, 0.717) is 39.8 Å². The van der Waals surface area contributed by atoms with E-state index in [1.54, 1.807) is 38.5 Å². The summed E-state index contributed by atoms with van der Waals surface area (Å²) in [7, 11) is 3.44. The third-order valence-electron chi connectivity index (χ3n) is 4.61. The van der Waals surface area contributed by atoms with Crippen molar-refractivity contribution in [1.82, 2.24) is 25.1 Å². The predicted molar refractivity (Wildman–Crippen MR) is 118 cm³/mol. The summed E-state index contributed by atoms with van der Waals surface area (Å²) in [5.74, 6) is 0.525. The number of aryl methyl sites for hydroxylation is 1. The molecule has 4 rings (SSSR count). The number of anilines is 1. The average molecular weight is 404 g/mol. The first-order valence-electron chi connectivity index (χ1n) is 9.28. The number of nitrogen functional groups attached to an aromatic ring is 1. The Morgan fingerprint density at radius 3 is 2.43 bits per heavy atom. The SMILES string of the molecule is Cc1ncc(-c2ccc(C(=O)N(C)C)cc2)nc1-c1nnc(-c2ccccc2N)o1.[HH].[HH]. The minimum Gasteiger partial charge on any atom is -0.414 e. The lowest BCUT2D eigenvalue weighted by atomic mass is 10.1. The Hall–Kier alpha value is -4.07. The predicted octanol–water partition coefficient (Wildman–Crippen LogP) is 3.95. The van der Waals surface area contributed by atoms with E-state index in [9.17, 15) is 4.79 Å². The van der Waals surface area contributed by atoms with Gasteiger partial charge in [-0.25, -0.2) is 4.98 Å². The number of carbonyl (C=O) groups is 1. The minimum atomic E-state index is -0.0594. The van der Waals surface area contributed by atoms with Gasteiger partial charge in [0.05, 0.1) is 23.1 Å². The van der Waals surface area contributed by atoms with Crippen molar-refractivity contribution in [2.24, 2.45) is 0 Å². The number of rotatable bonds is 4. The fraction of sp³-hybridized carbons (Fsp3) is 0.136. The quantitative estimate of drug-likeness (QED) is 0.513. The van der Waals surface area contributed by atoms with E-state index in [0.717, 1.165) is 5.56 Å². The van der Waals surface area contributed by atoms with Gasteiger partial charge in [-0.3, -0.25) is 9.78 Å². The Bertz CT molecular complexity index is 1230. The highest BCUT2D eigenvalue weighted by atomic mass is 16.4. The van der Waals surface area contributed by atoms with Crippen molar-refractivity contribution in [3.63, 3.8) is 0 Å². The lowest BCUT2D eigenvalue weighted by Crippen LogP contribution is -2.21. The fourth-order valence-corrected chi connectivity index (χ4v) is 2.95. The van der Waals surface area contributed by atoms with Gasteiger partial charge in [0, 0.05) is 33.8 Å². The Morgan fingerprint density at radius 1 is 1.03 bits per heavy atom. The summed E-state index contributed by atoms with van der Waals surface area (Å²) in [6.45, 7) is 1.83. The second kappa shape index (κ2) is 7.75. The van der Waals surface area contributed by atoms with Gasteiger partial charge in [-0.15, -0.1) is 10.2 Å². The van der Waals surface area contributed by atoms with Crippen LogP contribution in [0.3, 0.4) is 0 Å². The Morgan fingerprint density at radius 2 is 1.73 bits per heavy atom. The van der Waals surface area contributed by atoms with Gasteiger partial charge in [-0.1, -0.05) is 24.3 Å². The molecule has 0 saturated heterocycles. The van der Waals surface area contributed by atoms with Crippen LogP contribution in [0.1, 0.15) is 18.9 Å². The van der Waals surface area contributed by atoms with Crippen LogP contribution in [0.2, 0.25) is 0 Å². The van der Waals surface area contributed by atoms with Crippen LogP contribution in [0.25, 0.3) is 34.3 Å². The third-order valence-corrected chi connectivity index (χ3v) is 4.61. The number of aromatic nitrogens is 4. The molecule has 0 unspecified atom stereocenters. The molecule has 0 radical (unpaired) electrons. The second-order valence-corrected chi connectivity index (χ2v) is 6.97. The van der Waals surface area contributed by atoms with E-state index in [1.165, 1.54) is 4.90 Å². The molecular weight excluding hydrogens is 380 g/mol. The first-order chi connectivity index (χ1) is 14.4. The molecule has 2 aromatic carbocycles. The summed E-state index contributed by atoms with van der Waals surface area (Å²) in [5, 5.41) is 8.24. The summed E-state index contributed by atoms with van der Waals surface area (Å²) in [6.07, 6.45) is 1.67. The van der Waals surface area contributed by atoms with Gasteiger partial charge in [0.25, 0.3) is 11.8 Å². The molecule has 8 heteroatoms. The zero-order valence-corrected chi connectivity index (χ0v) is 16.8. The highest BCUT2D eigenvalue weighted by Gasteiger charge is 2.17. The van der Waals surface area contributed by atoms with Crippen LogP contribution < -0.4 is 5.73 Å². The number of hydrogen-bond acceptors (Lipinski definition) is 7. The largest absolute Gasteiger partial charge is 0.414 e. The minimum absolute atomic E-state index is 0. The molecule has 0 aliphatic heterocycles. The molecule has 8 nitrogen and oxygen atoms in total. The number of para-hydroxylation sites is 1. The molecule has 2 N–H and O–H groups in total. The topological polar surface area (TPSA) is 111 Å². The fourth-order valence-electron chi connectivity index (χ4n) is 2.95. The molecule has 0 fully saturated rings. The Kier molecular flexibility index (Phi) is 4.97. The zero-order chi connectivity index (χ0) is 21.3. The summed E-state index contributed by atoms with van der Waals surface area (Å²) in [6, 6.07) is 14.5. The molecule has 154 valence electrons. The van der Waals surface area contributed by atoms with Gasteiger partial charge >= 0.3 is 0 Å². The Labute approximate surface area is 176 Å². The maximum atomic E-state index is 12.1. The maximum Gasteiger partial charge on any atom is 0.268 e. The molecule has 0 saturated carbocycles. The van der Waals surface area contributed by atoms with E-state index < -0.39 is 0 Å². The molecule has 0 atom stereocenters.